The van der Waals surface area contributed by atoms with Gasteiger partial charge in [-0.1, -0.05) is 42.0 Å². The minimum atomic E-state index is -4.77. The summed E-state index contributed by atoms with van der Waals surface area (Å²) in [5, 5.41) is 18.7. The fraction of sp³-hybridized carbons (Fsp3) is 0.333. The maximum Gasteiger partial charge on any atom is 0.417 e. The normalized spacial score (nSPS) is 15.2. The zero-order valence-corrected chi connectivity index (χ0v) is 25.4. The number of fused-ring (bicyclic) bond motifs is 1. The van der Waals surface area contributed by atoms with Crippen molar-refractivity contribution >= 4 is 45.2 Å². The maximum absolute atomic E-state index is 13.8. The monoisotopic (exact) mass is 677 g/mol. The standard InChI is InChI=1S/C30H30ClF6N3O4S/c1-38(18-22(42)19-41)12-13-39-14-15-40(45(43,44)23-5-2-4-21(17-23)29(32,33)34)28-16-20(9-11-27(28)39)8-10-24-25(30(35,36)37)6-3-7-26(24)31/h2-11,16-17,22,41-42H,12-15,18-19H2,1H3/b10-8+. The molecule has 0 aromatic heterocycles. The van der Waals surface area contributed by atoms with E-state index in [1.807, 2.05) is 4.90 Å². The van der Waals surface area contributed by atoms with Crippen molar-refractivity contribution in [2.75, 3.05) is 55.6 Å². The Bertz CT molecular complexity index is 1650. The molecular formula is C30H30ClF6N3O4S. The summed E-state index contributed by atoms with van der Waals surface area (Å²) < 4.78 is 110. The lowest BCUT2D eigenvalue weighted by Crippen LogP contribution is -2.46. The van der Waals surface area contributed by atoms with E-state index < -0.39 is 51.1 Å². The second-order valence-electron chi connectivity index (χ2n) is 10.5. The summed E-state index contributed by atoms with van der Waals surface area (Å²) in [6.45, 7) is 0.567. The van der Waals surface area contributed by atoms with Gasteiger partial charge < -0.3 is 20.0 Å². The summed E-state index contributed by atoms with van der Waals surface area (Å²) in [6, 6.07) is 11.4. The van der Waals surface area contributed by atoms with Crippen LogP contribution in [0.2, 0.25) is 5.02 Å². The SMILES string of the molecule is CN(CCN1CCN(S(=O)(=O)c2cccc(C(F)(F)F)c2)c2cc(/C=C/c3c(Cl)cccc3C(F)(F)F)ccc21)CC(O)CO. The molecule has 0 radical (unpaired) electrons. The number of nitrogens with zero attached hydrogens (tertiary/aromatic N) is 3. The van der Waals surface area contributed by atoms with Crippen LogP contribution in [0.3, 0.4) is 0 Å². The van der Waals surface area contributed by atoms with Gasteiger partial charge in [-0.2, -0.15) is 26.3 Å². The smallest absolute Gasteiger partial charge is 0.394 e. The summed E-state index contributed by atoms with van der Waals surface area (Å²) in [6.07, 6.45) is -7.90. The van der Waals surface area contributed by atoms with E-state index in [1.54, 1.807) is 24.1 Å². The average molecular weight is 678 g/mol. The number of alkyl halides is 6. The van der Waals surface area contributed by atoms with E-state index in [4.69, 9.17) is 16.7 Å². The molecule has 0 spiro atoms. The predicted molar refractivity (Wildman–Crippen MR) is 161 cm³/mol. The Hall–Kier alpha value is -3.30. The number of hydrogen-bond donors (Lipinski definition) is 2. The van der Waals surface area contributed by atoms with Gasteiger partial charge in [-0.25, -0.2) is 8.42 Å². The molecule has 0 saturated heterocycles. The molecule has 1 aliphatic heterocycles. The van der Waals surface area contributed by atoms with Crippen LogP contribution in [0.5, 0.6) is 0 Å². The molecule has 3 aromatic rings. The van der Waals surface area contributed by atoms with Gasteiger partial charge in [-0.15, -0.1) is 0 Å². The highest BCUT2D eigenvalue weighted by Crippen LogP contribution is 2.40. The van der Waals surface area contributed by atoms with Crippen molar-refractivity contribution in [2.45, 2.75) is 23.4 Å². The van der Waals surface area contributed by atoms with Crippen molar-refractivity contribution in [2.24, 2.45) is 0 Å². The van der Waals surface area contributed by atoms with Crippen LogP contribution in [-0.4, -0.2) is 76.0 Å². The number of benzene rings is 3. The molecule has 0 bridgehead atoms. The summed E-state index contributed by atoms with van der Waals surface area (Å²) >= 11 is 6.07. The third kappa shape index (κ3) is 8.11. The number of rotatable bonds is 10. The van der Waals surface area contributed by atoms with Gasteiger partial charge in [-0.3, -0.25) is 4.31 Å². The lowest BCUT2D eigenvalue weighted by Gasteiger charge is -2.39. The van der Waals surface area contributed by atoms with Crippen LogP contribution < -0.4 is 9.21 Å². The molecule has 1 unspecified atom stereocenters. The Morgan fingerprint density at radius 1 is 0.956 bits per heavy atom. The first-order chi connectivity index (χ1) is 21.0. The number of aliphatic hydroxyl groups is 2. The molecule has 1 atom stereocenters. The van der Waals surface area contributed by atoms with Crippen molar-refractivity contribution < 1.29 is 45.0 Å². The van der Waals surface area contributed by atoms with Crippen molar-refractivity contribution in [3.63, 3.8) is 0 Å². The molecule has 4 rings (SSSR count). The first kappa shape index (κ1) is 34.6. The van der Waals surface area contributed by atoms with Crippen LogP contribution >= 0.6 is 11.6 Å². The molecule has 7 nitrogen and oxygen atoms in total. The highest BCUT2D eigenvalue weighted by molar-refractivity contribution is 7.92. The van der Waals surface area contributed by atoms with E-state index in [0.29, 0.717) is 30.4 Å². The molecule has 1 aliphatic rings. The molecule has 3 aromatic carbocycles. The van der Waals surface area contributed by atoms with Crippen molar-refractivity contribution in [3.8, 4) is 0 Å². The second kappa shape index (κ2) is 13.6. The van der Waals surface area contributed by atoms with Gasteiger partial charge in [-0.05, 0) is 55.1 Å². The third-order valence-corrected chi connectivity index (χ3v) is 9.36. The lowest BCUT2D eigenvalue weighted by atomic mass is 10.0. The van der Waals surface area contributed by atoms with Crippen LogP contribution in [0, 0.1) is 0 Å². The number of halogens is 7. The fourth-order valence-electron chi connectivity index (χ4n) is 4.94. The van der Waals surface area contributed by atoms with Crippen LogP contribution in [-0.2, 0) is 22.4 Å². The molecule has 45 heavy (non-hydrogen) atoms. The van der Waals surface area contributed by atoms with E-state index in [1.165, 1.54) is 30.4 Å². The number of sulfonamides is 1. The summed E-state index contributed by atoms with van der Waals surface area (Å²) in [4.78, 5) is 3.06. The van der Waals surface area contributed by atoms with Crippen LogP contribution in [0.4, 0.5) is 37.7 Å². The Morgan fingerprint density at radius 2 is 1.67 bits per heavy atom. The molecule has 244 valence electrons. The largest absolute Gasteiger partial charge is 0.417 e. The second-order valence-corrected chi connectivity index (χ2v) is 12.7. The summed E-state index contributed by atoms with van der Waals surface area (Å²) in [7, 11) is -2.78. The Kier molecular flexibility index (Phi) is 10.4. The highest BCUT2D eigenvalue weighted by atomic mass is 35.5. The topological polar surface area (TPSA) is 84.3 Å². The highest BCUT2D eigenvalue weighted by Gasteiger charge is 2.36. The molecule has 0 aliphatic carbocycles. The van der Waals surface area contributed by atoms with Gasteiger partial charge in [0.15, 0.2) is 0 Å². The minimum Gasteiger partial charge on any atom is -0.394 e. The Balaban J connectivity index is 1.75. The van der Waals surface area contributed by atoms with Crippen molar-refractivity contribution in [3.05, 3.63) is 87.9 Å². The molecule has 2 N–H and O–H groups in total. The maximum atomic E-state index is 13.8. The van der Waals surface area contributed by atoms with Crippen LogP contribution in [0.25, 0.3) is 12.2 Å². The first-order valence-corrected chi connectivity index (χ1v) is 15.4. The molecule has 15 heteroatoms. The van der Waals surface area contributed by atoms with Crippen molar-refractivity contribution in [1.82, 2.24) is 4.90 Å². The summed E-state index contributed by atoms with van der Waals surface area (Å²) in [5.41, 5.74) is -1.51. The predicted octanol–water partition coefficient (Wildman–Crippen LogP) is 5.85. The number of likely N-dealkylation sites (N-methyl/N-ethyl adjacent to an activating group) is 1. The van der Waals surface area contributed by atoms with Crippen molar-refractivity contribution in [1.29, 1.82) is 0 Å². The van der Waals surface area contributed by atoms with Crippen LogP contribution in [0.15, 0.2) is 65.6 Å². The molecule has 1 heterocycles. The Morgan fingerprint density at radius 3 is 2.33 bits per heavy atom. The molecule has 0 saturated carbocycles. The Labute approximate surface area is 261 Å². The molecular weight excluding hydrogens is 648 g/mol. The van der Waals surface area contributed by atoms with Crippen LogP contribution in [0.1, 0.15) is 22.3 Å². The van der Waals surface area contributed by atoms with E-state index in [9.17, 15) is 39.9 Å². The van der Waals surface area contributed by atoms with E-state index in [-0.39, 0.29) is 35.9 Å². The van der Waals surface area contributed by atoms with Gasteiger partial charge in [0.25, 0.3) is 10.0 Å². The van der Waals surface area contributed by atoms with Gasteiger partial charge >= 0.3 is 12.4 Å². The molecule has 0 fully saturated rings. The minimum absolute atomic E-state index is 0.120. The summed E-state index contributed by atoms with van der Waals surface area (Å²) in [5.74, 6) is 0. The quantitative estimate of drug-likeness (QED) is 0.207. The van der Waals surface area contributed by atoms with E-state index >= 15 is 0 Å². The zero-order chi connectivity index (χ0) is 33.2. The van der Waals surface area contributed by atoms with Gasteiger partial charge in [0.1, 0.15) is 0 Å². The van der Waals surface area contributed by atoms with Gasteiger partial charge in [0, 0.05) is 36.8 Å². The lowest BCUT2D eigenvalue weighted by molar-refractivity contribution is -0.138. The number of hydrogen-bond acceptors (Lipinski definition) is 6. The van der Waals surface area contributed by atoms with Gasteiger partial charge in [0.05, 0.1) is 46.7 Å². The van der Waals surface area contributed by atoms with E-state index in [0.717, 1.165) is 28.6 Å². The number of anilines is 2. The average Bonchev–Trinajstić information content (AvgIpc) is 2.97. The van der Waals surface area contributed by atoms with E-state index in [2.05, 4.69) is 0 Å². The first-order valence-electron chi connectivity index (χ1n) is 13.6. The number of aliphatic hydroxyl groups excluding tert-OH is 2. The third-order valence-electron chi connectivity index (χ3n) is 7.22. The fourth-order valence-corrected chi connectivity index (χ4v) is 6.68. The zero-order valence-electron chi connectivity index (χ0n) is 23.9. The van der Waals surface area contributed by atoms with Gasteiger partial charge in [0.2, 0.25) is 0 Å². The molecule has 0 amide bonds.